The number of sulfonamides is 1. The first-order valence-corrected chi connectivity index (χ1v) is 10.8. The van der Waals surface area contributed by atoms with Gasteiger partial charge in [0.25, 0.3) is 5.91 Å². The molecule has 0 heterocycles. The molecule has 1 aliphatic rings. The molecule has 0 spiro atoms. The highest BCUT2D eigenvalue weighted by Gasteiger charge is 2.29. The summed E-state index contributed by atoms with van der Waals surface area (Å²) in [7, 11) is -2.34. The van der Waals surface area contributed by atoms with Gasteiger partial charge in [-0.3, -0.25) is 4.79 Å². The number of nitrogens with one attached hydrogen (secondary N) is 1. The van der Waals surface area contributed by atoms with Crippen molar-refractivity contribution in [2.24, 2.45) is 5.92 Å². The van der Waals surface area contributed by atoms with Gasteiger partial charge in [0.15, 0.2) is 0 Å². The van der Waals surface area contributed by atoms with Crippen LogP contribution in [0.4, 0.5) is 0 Å². The third-order valence-electron chi connectivity index (χ3n) is 5.17. The zero-order valence-corrected chi connectivity index (χ0v) is 16.9. The Kier molecular flexibility index (Phi) is 7.06. The van der Waals surface area contributed by atoms with Gasteiger partial charge in [0.2, 0.25) is 10.0 Å². The van der Waals surface area contributed by atoms with E-state index < -0.39 is 10.0 Å². The SMILES string of the molecule is CCN(CC)C(=O)c1ccc(OC)c(S(=O)(=O)NC2CCCCC2C)c1. The molecule has 26 heavy (non-hydrogen) atoms. The van der Waals surface area contributed by atoms with E-state index in [4.69, 9.17) is 4.74 Å². The monoisotopic (exact) mass is 382 g/mol. The lowest BCUT2D eigenvalue weighted by Crippen LogP contribution is -2.41. The van der Waals surface area contributed by atoms with E-state index in [1.165, 1.54) is 13.2 Å². The molecule has 0 aromatic heterocycles. The van der Waals surface area contributed by atoms with Crippen molar-refractivity contribution in [1.29, 1.82) is 0 Å². The maximum absolute atomic E-state index is 13.0. The number of hydrogen-bond acceptors (Lipinski definition) is 4. The van der Waals surface area contributed by atoms with Crippen LogP contribution in [0.3, 0.4) is 0 Å². The van der Waals surface area contributed by atoms with Crippen LogP contribution in [0.1, 0.15) is 56.8 Å². The summed E-state index contributed by atoms with van der Waals surface area (Å²) < 4.78 is 34.1. The topological polar surface area (TPSA) is 75.7 Å². The van der Waals surface area contributed by atoms with Crippen LogP contribution in [0.25, 0.3) is 0 Å². The first kappa shape index (κ1) is 20.7. The Balaban J connectivity index is 2.36. The van der Waals surface area contributed by atoms with Gasteiger partial charge >= 0.3 is 0 Å². The quantitative estimate of drug-likeness (QED) is 0.786. The normalized spacial score (nSPS) is 20.6. The molecule has 1 N–H and O–H groups in total. The fraction of sp³-hybridized carbons (Fsp3) is 0.632. The van der Waals surface area contributed by atoms with E-state index in [0.29, 0.717) is 24.6 Å². The average molecular weight is 383 g/mol. The van der Waals surface area contributed by atoms with Gasteiger partial charge in [-0.05, 0) is 50.8 Å². The first-order valence-electron chi connectivity index (χ1n) is 9.33. The van der Waals surface area contributed by atoms with Gasteiger partial charge in [-0.1, -0.05) is 19.8 Å². The summed E-state index contributed by atoms with van der Waals surface area (Å²) in [4.78, 5) is 14.3. The fourth-order valence-corrected chi connectivity index (χ4v) is 5.04. The largest absolute Gasteiger partial charge is 0.495 e. The van der Waals surface area contributed by atoms with Gasteiger partial charge in [0.05, 0.1) is 7.11 Å². The molecule has 0 aliphatic heterocycles. The predicted octanol–water partition coefficient (Wildman–Crippen LogP) is 3.03. The summed E-state index contributed by atoms with van der Waals surface area (Å²) in [5, 5.41) is 0. The molecule has 1 fully saturated rings. The van der Waals surface area contributed by atoms with E-state index in [0.717, 1.165) is 25.7 Å². The molecule has 1 aromatic rings. The number of amides is 1. The van der Waals surface area contributed by atoms with Crippen molar-refractivity contribution in [3.05, 3.63) is 23.8 Å². The Morgan fingerprint density at radius 3 is 2.46 bits per heavy atom. The molecule has 146 valence electrons. The van der Waals surface area contributed by atoms with Gasteiger partial charge in [0, 0.05) is 24.7 Å². The van der Waals surface area contributed by atoms with Gasteiger partial charge in [-0.2, -0.15) is 0 Å². The number of rotatable bonds is 7. The van der Waals surface area contributed by atoms with Crippen LogP contribution in [-0.2, 0) is 10.0 Å². The van der Waals surface area contributed by atoms with E-state index in [2.05, 4.69) is 11.6 Å². The van der Waals surface area contributed by atoms with Crippen molar-refractivity contribution in [2.45, 2.75) is 57.4 Å². The number of ether oxygens (including phenoxy) is 1. The molecule has 6 nitrogen and oxygen atoms in total. The minimum atomic E-state index is -3.78. The number of methoxy groups -OCH3 is 1. The summed E-state index contributed by atoms with van der Waals surface area (Å²) in [5.74, 6) is 0.363. The van der Waals surface area contributed by atoms with Crippen molar-refractivity contribution in [3.63, 3.8) is 0 Å². The van der Waals surface area contributed by atoms with Crippen molar-refractivity contribution >= 4 is 15.9 Å². The Morgan fingerprint density at radius 2 is 1.88 bits per heavy atom. The molecule has 0 bridgehead atoms. The number of benzene rings is 1. The zero-order chi connectivity index (χ0) is 19.3. The Labute approximate surface area is 157 Å². The minimum Gasteiger partial charge on any atom is -0.495 e. The van der Waals surface area contributed by atoms with Gasteiger partial charge < -0.3 is 9.64 Å². The molecule has 2 atom stereocenters. The maximum Gasteiger partial charge on any atom is 0.253 e. The van der Waals surface area contributed by atoms with Crippen LogP contribution in [0.15, 0.2) is 23.1 Å². The average Bonchev–Trinajstić information content (AvgIpc) is 2.64. The lowest BCUT2D eigenvalue weighted by atomic mass is 9.87. The van der Waals surface area contributed by atoms with Gasteiger partial charge in [0.1, 0.15) is 10.6 Å². The van der Waals surface area contributed by atoms with Gasteiger partial charge in [-0.15, -0.1) is 0 Å². The predicted molar refractivity (Wildman–Crippen MR) is 102 cm³/mol. The summed E-state index contributed by atoms with van der Waals surface area (Å²) in [6, 6.07) is 4.51. The third kappa shape index (κ3) is 4.57. The molecule has 1 amide bonds. The van der Waals surface area contributed by atoms with Crippen molar-refractivity contribution in [2.75, 3.05) is 20.2 Å². The molecule has 1 aromatic carbocycles. The number of carbonyl (C=O) groups excluding carboxylic acids is 1. The highest BCUT2D eigenvalue weighted by atomic mass is 32.2. The molecular formula is C19H30N2O4S. The number of hydrogen-bond donors (Lipinski definition) is 1. The van der Waals surface area contributed by atoms with Crippen LogP contribution in [0, 0.1) is 5.92 Å². The van der Waals surface area contributed by atoms with Crippen molar-refractivity contribution in [1.82, 2.24) is 9.62 Å². The second-order valence-electron chi connectivity index (χ2n) is 6.83. The van der Waals surface area contributed by atoms with Crippen LogP contribution in [-0.4, -0.2) is 45.5 Å². The third-order valence-corrected chi connectivity index (χ3v) is 6.68. The lowest BCUT2D eigenvalue weighted by Gasteiger charge is -2.29. The molecule has 2 unspecified atom stereocenters. The summed E-state index contributed by atoms with van der Waals surface area (Å²) in [5.41, 5.74) is 0.353. The van der Waals surface area contributed by atoms with Crippen molar-refractivity contribution in [3.8, 4) is 5.75 Å². The van der Waals surface area contributed by atoms with E-state index in [-0.39, 0.29) is 22.6 Å². The maximum atomic E-state index is 13.0. The van der Waals surface area contributed by atoms with Crippen LogP contribution in [0.2, 0.25) is 0 Å². The van der Waals surface area contributed by atoms with Crippen molar-refractivity contribution < 1.29 is 17.9 Å². The van der Waals surface area contributed by atoms with Crippen LogP contribution >= 0.6 is 0 Å². The molecule has 0 saturated heterocycles. The van der Waals surface area contributed by atoms with E-state index in [1.54, 1.807) is 17.0 Å². The van der Waals surface area contributed by atoms with Gasteiger partial charge in [-0.25, -0.2) is 13.1 Å². The van der Waals surface area contributed by atoms with E-state index in [1.807, 2.05) is 13.8 Å². The molecule has 7 heteroatoms. The number of nitrogens with zero attached hydrogens (tertiary/aromatic N) is 1. The second kappa shape index (κ2) is 8.86. The molecular weight excluding hydrogens is 352 g/mol. The van der Waals surface area contributed by atoms with E-state index >= 15 is 0 Å². The highest BCUT2D eigenvalue weighted by molar-refractivity contribution is 7.89. The highest BCUT2D eigenvalue weighted by Crippen LogP contribution is 2.29. The standard InChI is InChI=1S/C19H30N2O4S/c1-5-21(6-2)19(22)15-11-12-17(25-4)18(13-15)26(23,24)20-16-10-8-7-9-14(16)3/h11-14,16,20H,5-10H2,1-4H3. The first-order chi connectivity index (χ1) is 12.3. The summed E-state index contributed by atoms with van der Waals surface area (Å²) in [6.45, 7) is 7.01. The molecule has 2 rings (SSSR count). The zero-order valence-electron chi connectivity index (χ0n) is 16.1. The second-order valence-corrected chi connectivity index (χ2v) is 8.52. The number of carbonyl (C=O) groups is 1. The van der Waals surface area contributed by atoms with Crippen LogP contribution in [0.5, 0.6) is 5.75 Å². The molecule has 0 radical (unpaired) electrons. The smallest absolute Gasteiger partial charge is 0.253 e. The minimum absolute atomic E-state index is 0.0239. The molecule has 1 aliphatic carbocycles. The van der Waals surface area contributed by atoms with Crippen LogP contribution < -0.4 is 9.46 Å². The lowest BCUT2D eigenvalue weighted by molar-refractivity contribution is 0.0772. The van der Waals surface area contributed by atoms with E-state index in [9.17, 15) is 13.2 Å². The Morgan fingerprint density at radius 1 is 1.23 bits per heavy atom. The fourth-order valence-electron chi connectivity index (χ4n) is 3.47. The summed E-state index contributed by atoms with van der Waals surface area (Å²) >= 11 is 0. The Bertz CT molecular complexity index is 729. The molecule has 1 saturated carbocycles. The summed E-state index contributed by atoms with van der Waals surface area (Å²) in [6.07, 6.45) is 4.01. The Hall–Kier alpha value is -1.60.